The Balaban J connectivity index is 1.36. The van der Waals surface area contributed by atoms with Crippen LogP contribution >= 0.6 is 11.6 Å². The highest BCUT2D eigenvalue weighted by atomic mass is 35.5. The van der Waals surface area contributed by atoms with Crippen molar-refractivity contribution in [2.45, 2.75) is 0 Å². The van der Waals surface area contributed by atoms with Crippen LogP contribution < -0.4 is 10.6 Å². The second-order valence-electron chi connectivity index (χ2n) is 7.52. The molecule has 7 nitrogen and oxygen atoms in total. The van der Waals surface area contributed by atoms with Gasteiger partial charge in [-0.2, -0.15) is 10.2 Å². The van der Waals surface area contributed by atoms with E-state index in [1.54, 1.807) is 29.1 Å². The van der Waals surface area contributed by atoms with Crippen LogP contribution in [0.2, 0.25) is 5.02 Å². The van der Waals surface area contributed by atoms with Gasteiger partial charge in [-0.1, -0.05) is 29.8 Å². The van der Waals surface area contributed by atoms with E-state index in [-0.39, 0.29) is 0 Å². The third-order valence-electron chi connectivity index (χ3n) is 5.16. The number of benzene rings is 3. The number of fused-ring (bicyclic) bond motifs is 1. The summed E-state index contributed by atoms with van der Waals surface area (Å²) in [4.78, 5) is 12.2. The molecule has 0 radical (unpaired) electrons. The highest BCUT2D eigenvalue weighted by Crippen LogP contribution is 2.34. The van der Waals surface area contributed by atoms with Gasteiger partial charge in [-0.3, -0.25) is 9.78 Å². The van der Waals surface area contributed by atoms with Gasteiger partial charge in [-0.25, -0.2) is 9.18 Å². The second kappa shape index (κ2) is 8.40. The van der Waals surface area contributed by atoms with E-state index < -0.39 is 11.8 Å². The van der Waals surface area contributed by atoms with Crippen LogP contribution in [-0.4, -0.2) is 26.0 Å². The number of urea groups is 1. The third-order valence-corrected chi connectivity index (χ3v) is 5.47. The van der Waals surface area contributed by atoms with E-state index in [1.165, 1.54) is 18.2 Å². The summed E-state index contributed by atoms with van der Waals surface area (Å²) in [7, 11) is 1.86. The number of anilines is 2. The summed E-state index contributed by atoms with van der Waals surface area (Å²) in [5.41, 5.74) is 5.23. The lowest BCUT2D eigenvalue weighted by atomic mass is 10.0. The van der Waals surface area contributed by atoms with Crippen molar-refractivity contribution in [1.29, 1.82) is 0 Å². The molecule has 2 heterocycles. The average molecular weight is 461 g/mol. The molecule has 5 aromatic rings. The molecule has 0 aliphatic carbocycles. The molecule has 0 fully saturated rings. The third kappa shape index (κ3) is 4.28. The van der Waals surface area contributed by atoms with Crippen LogP contribution in [0, 0.1) is 5.82 Å². The van der Waals surface area contributed by atoms with Crippen LogP contribution in [0.25, 0.3) is 33.3 Å². The molecule has 0 aliphatic heterocycles. The first kappa shape index (κ1) is 20.7. The molecule has 2 amide bonds. The van der Waals surface area contributed by atoms with Crippen LogP contribution in [0.15, 0.2) is 73.1 Å². The predicted molar refractivity (Wildman–Crippen MR) is 128 cm³/mol. The molecule has 3 N–H and O–H groups in total. The van der Waals surface area contributed by atoms with Gasteiger partial charge >= 0.3 is 6.03 Å². The van der Waals surface area contributed by atoms with Crippen molar-refractivity contribution < 1.29 is 9.18 Å². The molecule has 0 bridgehead atoms. The summed E-state index contributed by atoms with van der Waals surface area (Å²) in [6.07, 6.45) is 3.69. The summed E-state index contributed by atoms with van der Waals surface area (Å²) in [5, 5.41) is 18.5. The van der Waals surface area contributed by atoms with E-state index in [2.05, 4.69) is 25.9 Å². The molecular weight excluding hydrogens is 443 g/mol. The van der Waals surface area contributed by atoms with Crippen molar-refractivity contribution in [3.63, 3.8) is 0 Å². The van der Waals surface area contributed by atoms with Crippen molar-refractivity contribution in [2.75, 3.05) is 10.6 Å². The van der Waals surface area contributed by atoms with Crippen LogP contribution in [0.3, 0.4) is 0 Å². The van der Waals surface area contributed by atoms with E-state index in [1.807, 2.05) is 37.5 Å². The Kier molecular flexibility index (Phi) is 5.27. The minimum atomic E-state index is -0.494. The molecule has 0 atom stereocenters. The molecule has 5 rings (SSSR count). The molecule has 2 aromatic heterocycles. The zero-order valence-corrected chi connectivity index (χ0v) is 18.2. The molecule has 0 spiro atoms. The minimum Gasteiger partial charge on any atom is -0.308 e. The molecule has 9 heteroatoms. The van der Waals surface area contributed by atoms with Crippen molar-refractivity contribution >= 4 is 39.9 Å². The number of hydrogen-bond acceptors (Lipinski definition) is 3. The lowest BCUT2D eigenvalue weighted by molar-refractivity contribution is 0.262. The smallest absolute Gasteiger partial charge is 0.308 e. The zero-order chi connectivity index (χ0) is 22.9. The number of rotatable bonds is 4. The average Bonchev–Trinajstić information content (AvgIpc) is 3.39. The Morgan fingerprint density at radius 3 is 2.58 bits per heavy atom. The molecule has 0 saturated heterocycles. The van der Waals surface area contributed by atoms with E-state index >= 15 is 0 Å². The number of carbonyl (C=O) groups excluding carboxylic acids is 1. The Morgan fingerprint density at radius 2 is 1.85 bits per heavy atom. The van der Waals surface area contributed by atoms with E-state index in [0.29, 0.717) is 16.4 Å². The fourth-order valence-electron chi connectivity index (χ4n) is 3.64. The second-order valence-corrected chi connectivity index (χ2v) is 7.93. The number of aromatic amines is 1. The minimum absolute atomic E-state index is 0.355. The standard InChI is InChI=1S/C24H18ClFN6O/c1-32-13-15(12-27-32)23-20-7-5-14(9-22(20)30-31-23)19-8-6-18(11-21(19)25)29-24(33)28-17-4-2-3-16(26)10-17/h2-13H,1H3,(H,30,31)(H2,28,29,33). The first-order chi connectivity index (χ1) is 16.0. The zero-order valence-electron chi connectivity index (χ0n) is 17.4. The molecule has 164 valence electrons. The number of amides is 2. The van der Waals surface area contributed by atoms with Gasteiger partial charge in [-0.15, -0.1) is 0 Å². The van der Waals surface area contributed by atoms with Crippen LogP contribution in [-0.2, 0) is 7.05 Å². The van der Waals surface area contributed by atoms with Crippen molar-refractivity contribution in [3.8, 4) is 22.4 Å². The highest BCUT2D eigenvalue weighted by molar-refractivity contribution is 6.33. The predicted octanol–water partition coefficient (Wildman–Crippen LogP) is 6.07. The Bertz CT molecular complexity index is 1490. The first-order valence-electron chi connectivity index (χ1n) is 10.1. The molecule has 0 saturated carbocycles. The summed E-state index contributed by atoms with van der Waals surface area (Å²) >= 11 is 6.53. The number of hydrogen-bond donors (Lipinski definition) is 3. The molecule has 3 aromatic carbocycles. The maximum Gasteiger partial charge on any atom is 0.323 e. The van der Waals surface area contributed by atoms with Crippen LogP contribution in [0.5, 0.6) is 0 Å². The topological polar surface area (TPSA) is 87.6 Å². The lowest BCUT2D eigenvalue weighted by Gasteiger charge is -2.10. The molecule has 0 unspecified atom stereocenters. The maximum atomic E-state index is 13.3. The normalized spacial score (nSPS) is 11.0. The Hall–Kier alpha value is -4.17. The highest BCUT2D eigenvalue weighted by Gasteiger charge is 2.13. The Labute approximate surface area is 193 Å². The van der Waals surface area contributed by atoms with E-state index in [4.69, 9.17) is 11.6 Å². The van der Waals surface area contributed by atoms with Gasteiger partial charge in [0.05, 0.1) is 16.7 Å². The van der Waals surface area contributed by atoms with Crippen molar-refractivity contribution in [1.82, 2.24) is 20.0 Å². The molecule has 0 aliphatic rings. The van der Waals surface area contributed by atoms with E-state index in [0.717, 1.165) is 33.3 Å². The van der Waals surface area contributed by atoms with Gasteiger partial charge in [0, 0.05) is 41.1 Å². The number of H-pyrrole nitrogens is 1. The van der Waals surface area contributed by atoms with Gasteiger partial charge in [-0.05, 0) is 48.0 Å². The van der Waals surface area contributed by atoms with Gasteiger partial charge in [0.1, 0.15) is 11.5 Å². The number of nitrogens with zero attached hydrogens (tertiary/aromatic N) is 3. The van der Waals surface area contributed by atoms with Gasteiger partial charge in [0.15, 0.2) is 0 Å². The molecule has 33 heavy (non-hydrogen) atoms. The van der Waals surface area contributed by atoms with Crippen molar-refractivity contribution in [3.05, 3.63) is 83.9 Å². The number of nitrogens with one attached hydrogen (secondary N) is 3. The van der Waals surface area contributed by atoms with Gasteiger partial charge in [0.25, 0.3) is 0 Å². The summed E-state index contributed by atoms with van der Waals surface area (Å²) < 4.78 is 15.0. The number of aromatic nitrogens is 4. The summed E-state index contributed by atoms with van der Waals surface area (Å²) in [6.45, 7) is 0. The molecular formula is C24H18ClFN6O. The Morgan fingerprint density at radius 1 is 1.03 bits per heavy atom. The maximum absolute atomic E-state index is 13.3. The lowest BCUT2D eigenvalue weighted by Crippen LogP contribution is -2.19. The quantitative estimate of drug-likeness (QED) is 0.304. The number of carbonyl (C=O) groups is 1. The van der Waals surface area contributed by atoms with Crippen molar-refractivity contribution in [2.24, 2.45) is 7.05 Å². The SMILES string of the molecule is Cn1cc(-c2n[nH]c3cc(-c4ccc(NC(=O)Nc5cccc(F)c5)cc4Cl)ccc23)cn1. The number of halogens is 2. The first-order valence-corrected chi connectivity index (χ1v) is 10.4. The van der Waals surface area contributed by atoms with E-state index in [9.17, 15) is 9.18 Å². The van der Waals surface area contributed by atoms with Crippen LogP contribution in [0.4, 0.5) is 20.6 Å². The summed E-state index contributed by atoms with van der Waals surface area (Å²) in [5.74, 6) is -0.429. The fraction of sp³-hybridized carbons (Fsp3) is 0.0417. The van der Waals surface area contributed by atoms with Gasteiger partial charge in [0.2, 0.25) is 0 Å². The number of aryl methyl sites for hydroxylation is 1. The van der Waals surface area contributed by atoms with Gasteiger partial charge < -0.3 is 10.6 Å². The monoisotopic (exact) mass is 460 g/mol. The summed E-state index contributed by atoms with van der Waals surface area (Å²) in [6, 6.07) is 16.4. The fourth-order valence-corrected chi connectivity index (χ4v) is 3.93. The largest absolute Gasteiger partial charge is 0.323 e. The van der Waals surface area contributed by atoms with Crippen LogP contribution in [0.1, 0.15) is 0 Å².